The van der Waals surface area contributed by atoms with Gasteiger partial charge in [0.1, 0.15) is 11.6 Å². The van der Waals surface area contributed by atoms with Crippen LogP contribution in [0.4, 0.5) is 0 Å². The first-order chi connectivity index (χ1) is 13.9. The van der Waals surface area contributed by atoms with Crippen LogP contribution in [0.5, 0.6) is 17.2 Å². The lowest BCUT2D eigenvalue weighted by Crippen LogP contribution is -2.80. The smallest absolute Gasteiger partial charge is 0.203 e. The van der Waals surface area contributed by atoms with Crippen LogP contribution in [0.3, 0.4) is 0 Å². The van der Waals surface area contributed by atoms with E-state index in [1.807, 2.05) is 0 Å². The summed E-state index contributed by atoms with van der Waals surface area (Å²) in [4.78, 5) is 13.1. The number of carbonyl (C=O) groups excluding carboxylic acids is 1. The quantitative estimate of drug-likeness (QED) is 0.783. The standard InChI is InChI=1S/C23H30NO5/c1-24(12-13-4-5-13)9-8-22-18-14-10-16(27-2)19(28-3)20(18)29-21(22)15(25)6-7-23(22,26)17(24)11-14/h10,13,17,21,26H,4-9,11-12H2,1-3H3/q+1/t17-,21+,22+,23-,24-/m1/s1. The number of piperidine rings is 1. The van der Waals surface area contributed by atoms with Gasteiger partial charge in [0.05, 0.1) is 39.8 Å². The highest BCUT2D eigenvalue weighted by Gasteiger charge is 2.76. The fourth-order valence-corrected chi connectivity index (χ4v) is 7.32. The number of quaternary nitrogens is 1. The minimum Gasteiger partial charge on any atom is -0.493 e. The number of benzene rings is 1. The molecule has 1 saturated heterocycles. The van der Waals surface area contributed by atoms with Crippen LogP contribution in [0.15, 0.2) is 6.07 Å². The number of nitrogens with zero attached hydrogens (tertiary/aromatic N) is 1. The van der Waals surface area contributed by atoms with Crippen LogP contribution in [0.2, 0.25) is 0 Å². The van der Waals surface area contributed by atoms with Gasteiger partial charge < -0.3 is 23.8 Å². The fraction of sp³-hybridized carbons (Fsp3) is 0.696. The van der Waals surface area contributed by atoms with E-state index in [1.54, 1.807) is 14.2 Å². The zero-order valence-corrected chi connectivity index (χ0v) is 17.5. The maximum atomic E-state index is 13.1. The third kappa shape index (κ3) is 1.97. The number of aliphatic hydroxyl groups is 1. The molecule has 2 saturated carbocycles. The van der Waals surface area contributed by atoms with Crippen LogP contribution in [0, 0.1) is 5.92 Å². The first-order valence-electron chi connectivity index (χ1n) is 10.9. The number of likely N-dealkylation sites (tertiary alicyclic amines) is 1. The third-order valence-electron chi connectivity index (χ3n) is 8.76. The maximum Gasteiger partial charge on any atom is 0.203 e. The van der Waals surface area contributed by atoms with E-state index in [0.717, 1.165) is 47.5 Å². The summed E-state index contributed by atoms with van der Waals surface area (Å²) in [7, 11) is 5.56. The molecule has 6 rings (SSSR count). The number of ketones is 1. The number of carbonyl (C=O) groups is 1. The highest BCUT2D eigenvalue weighted by atomic mass is 16.5. The summed E-state index contributed by atoms with van der Waals surface area (Å²) in [5.74, 6) is 2.70. The van der Waals surface area contributed by atoms with Crippen molar-refractivity contribution < 1.29 is 28.6 Å². The van der Waals surface area contributed by atoms with Gasteiger partial charge in [-0.3, -0.25) is 4.79 Å². The first-order valence-corrected chi connectivity index (χ1v) is 10.9. The molecule has 6 nitrogen and oxygen atoms in total. The van der Waals surface area contributed by atoms with Crippen LogP contribution in [-0.2, 0) is 16.6 Å². The molecule has 3 aliphatic carbocycles. The predicted molar refractivity (Wildman–Crippen MR) is 106 cm³/mol. The summed E-state index contributed by atoms with van der Waals surface area (Å²) in [6.45, 7) is 2.10. The molecular weight excluding hydrogens is 370 g/mol. The monoisotopic (exact) mass is 400 g/mol. The van der Waals surface area contributed by atoms with Gasteiger partial charge in [-0.05, 0) is 30.9 Å². The van der Waals surface area contributed by atoms with E-state index in [-0.39, 0.29) is 11.8 Å². The number of methoxy groups -OCH3 is 2. The van der Waals surface area contributed by atoms with E-state index in [0.29, 0.717) is 30.1 Å². The van der Waals surface area contributed by atoms with Gasteiger partial charge in [0, 0.05) is 30.7 Å². The molecule has 156 valence electrons. The predicted octanol–water partition coefficient (Wildman–Crippen LogP) is 1.98. The van der Waals surface area contributed by atoms with E-state index >= 15 is 0 Å². The molecule has 29 heavy (non-hydrogen) atoms. The van der Waals surface area contributed by atoms with Gasteiger partial charge in [-0.1, -0.05) is 0 Å². The van der Waals surface area contributed by atoms with Crippen molar-refractivity contribution in [1.29, 1.82) is 0 Å². The van der Waals surface area contributed by atoms with Crippen LogP contribution in [-0.4, -0.2) is 67.5 Å². The van der Waals surface area contributed by atoms with Gasteiger partial charge >= 0.3 is 0 Å². The normalized spacial score (nSPS) is 41.6. The molecule has 1 N–H and O–H groups in total. The maximum absolute atomic E-state index is 13.1. The summed E-state index contributed by atoms with van der Waals surface area (Å²) in [6.07, 6.45) is 4.46. The Bertz CT molecular complexity index is 926. The van der Waals surface area contributed by atoms with Gasteiger partial charge in [0.25, 0.3) is 0 Å². The largest absolute Gasteiger partial charge is 0.493 e. The number of likely N-dealkylation sites (N-methyl/N-ethyl adjacent to an activating group) is 1. The Hall–Kier alpha value is -1.79. The Morgan fingerprint density at radius 2 is 2.07 bits per heavy atom. The number of ether oxygens (including phenoxy) is 3. The molecule has 0 amide bonds. The molecule has 1 aromatic rings. The van der Waals surface area contributed by atoms with E-state index < -0.39 is 17.1 Å². The summed E-state index contributed by atoms with van der Waals surface area (Å²) in [5, 5.41) is 12.4. The molecule has 5 aliphatic rings. The van der Waals surface area contributed by atoms with E-state index in [9.17, 15) is 9.90 Å². The zero-order chi connectivity index (χ0) is 20.2. The zero-order valence-electron chi connectivity index (χ0n) is 17.5. The molecule has 0 unspecified atom stereocenters. The molecule has 2 bridgehead atoms. The second kappa shape index (κ2) is 5.46. The third-order valence-corrected chi connectivity index (χ3v) is 8.76. The molecule has 2 aliphatic heterocycles. The second-order valence-corrected chi connectivity index (χ2v) is 10.1. The lowest BCUT2D eigenvalue weighted by molar-refractivity contribution is -0.950. The van der Waals surface area contributed by atoms with Crippen molar-refractivity contribution in [3.8, 4) is 17.2 Å². The molecule has 2 heterocycles. The molecule has 6 heteroatoms. The summed E-state index contributed by atoms with van der Waals surface area (Å²) >= 11 is 0. The Labute approximate surface area is 171 Å². The van der Waals surface area contributed by atoms with Crippen molar-refractivity contribution in [2.24, 2.45) is 5.92 Å². The van der Waals surface area contributed by atoms with E-state index in [1.165, 1.54) is 12.8 Å². The average Bonchev–Trinajstić information content (AvgIpc) is 3.43. The Balaban J connectivity index is 1.61. The summed E-state index contributed by atoms with van der Waals surface area (Å²) in [6, 6.07) is 2.14. The lowest BCUT2D eigenvalue weighted by atomic mass is 9.48. The lowest BCUT2D eigenvalue weighted by Gasteiger charge is -2.64. The Morgan fingerprint density at radius 3 is 2.76 bits per heavy atom. The topological polar surface area (TPSA) is 65.0 Å². The average molecular weight is 400 g/mol. The van der Waals surface area contributed by atoms with E-state index in [4.69, 9.17) is 14.2 Å². The minimum absolute atomic E-state index is 0.0765. The second-order valence-electron chi connectivity index (χ2n) is 10.1. The van der Waals surface area contributed by atoms with Crippen LogP contribution in [0.25, 0.3) is 0 Å². The number of hydrogen-bond acceptors (Lipinski definition) is 5. The van der Waals surface area contributed by atoms with Gasteiger partial charge in [-0.25, -0.2) is 0 Å². The number of rotatable bonds is 4. The van der Waals surface area contributed by atoms with Gasteiger partial charge in [-0.2, -0.15) is 0 Å². The van der Waals surface area contributed by atoms with Crippen LogP contribution in [0.1, 0.15) is 43.2 Å². The first kappa shape index (κ1) is 18.0. The molecule has 0 aromatic heterocycles. The Morgan fingerprint density at radius 1 is 1.28 bits per heavy atom. The highest BCUT2D eigenvalue weighted by molar-refractivity contribution is 5.90. The molecule has 1 spiro atoms. The molecular formula is C23H30NO5+. The van der Waals surface area contributed by atoms with Crippen LogP contribution >= 0.6 is 0 Å². The molecule has 5 atom stereocenters. The number of Topliss-reactive ketones (excluding diaryl/α,β-unsaturated/α-hetero) is 1. The van der Waals surface area contributed by atoms with Gasteiger partial charge in [0.15, 0.2) is 23.4 Å². The van der Waals surface area contributed by atoms with Crippen molar-refractivity contribution in [2.75, 3.05) is 34.4 Å². The van der Waals surface area contributed by atoms with Crippen LogP contribution < -0.4 is 14.2 Å². The number of hydrogen-bond donors (Lipinski definition) is 1. The van der Waals surface area contributed by atoms with Gasteiger partial charge in [-0.15, -0.1) is 0 Å². The van der Waals surface area contributed by atoms with Crippen molar-refractivity contribution in [1.82, 2.24) is 0 Å². The van der Waals surface area contributed by atoms with Crippen molar-refractivity contribution in [2.45, 2.75) is 61.7 Å². The molecule has 3 fully saturated rings. The summed E-state index contributed by atoms with van der Waals surface area (Å²) in [5.41, 5.74) is 0.594. The molecule has 1 aromatic carbocycles. The van der Waals surface area contributed by atoms with Crippen molar-refractivity contribution in [3.05, 3.63) is 17.2 Å². The van der Waals surface area contributed by atoms with E-state index in [2.05, 4.69) is 13.1 Å². The molecule has 0 radical (unpaired) electrons. The minimum atomic E-state index is -0.925. The van der Waals surface area contributed by atoms with Gasteiger partial charge in [0.2, 0.25) is 5.75 Å². The van der Waals surface area contributed by atoms with Crippen molar-refractivity contribution >= 4 is 5.78 Å². The van der Waals surface area contributed by atoms with Crippen molar-refractivity contribution in [3.63, 3.8) is 0 Å². The summed E-state index contributed by atoms with van der Waals surface area (Å²) < 4.78 is 18.5. The SMILES string of the molecule is COc1cc2c3c(c1OC)O[C@H]1C(=O)CC[C@@]4(O)[C@@H](C2)[N@@+](C)(CC2CC2)CC[C@]314. The highest BCUT2D eigenvalue weighted by Crippen LogP contribution is 2.67. The Kier molecular flexibility index (Phi) is 3.40. The fourth-order valence-electron chi connectivity index (χ4n) is 7.32.